The number of phosphoric ester groups is 1. The third-order valence-corrected chi connectivity index (χ3v) is 3.11. The Bertz CT molecular complexity index is 208. The average Bonchev–Trinajstić information content (AvgIpc) is 2.14. The van der Waals surface area contributed by atoms with Crippen LogP contribution in [0, 0.1) is 0 Å². The van der Waals surface area contributed by atoms with Crippen LogP contribution in [0.25, 0.3) is 0 Å². The Hall–Kier alpha value is 0.0700. The summed E-state index contributed by atoms with van der Waals surface area (Å²) in [6.07, 6.45) is 3.82. The second-order valence-electron chi connectivity index (χ2n) is 3.28. The molecule has 0 saturated carbocycles. The van der Waals surface area contributed by atoms with Crippen molar-refractivity contribution in [2.24, 2.45) is 0 Å². The summed E-state index contributed by atoms with van der Waals surface area (Å²) in [5.74, 6) is 0. The SMILES string of the molecule is COC1CCCCCCOP(=O)(O)O1. The van der Waals surface area contributed by atoms with Crippen molar-refractivity contribution in [1.29, 1.82) is 0 Å². The Morgan fingerprint density at radius 2 is 2.07 bits per heavy atom. The quantitative estimate of drug-likeness (QED) is 0.690. The van der Waals surface area contributed by atoms with E-state index in [9.17, 15) is 9.46 Å². The second-order valence-corrected chi connectivity index (χ2v) is 4.68. The first-order valence-corrected chi connectivity index (χ1v) is 6.32. The van der Waals surface area contributed by atoms with Crippen molar-refractivity contribution in [2.75, 3.05) is 13.7 Å². The minimum atomic E-state index is -3.90. The Morgan fingerprint density at radius 3 is 2.79 bits per heavy atom. The first kappa shape index (κ1) is 12.1. The predicted molar refractivity (Wildman–Crippen MR) is 50.7 cm³/mol. The molecule has 2 unspecified atom stereocenters. The highest BCUT2D eigenvalue weighted by Crippen LogP contribution is 2.45. The van der Waals surface area contributed by atoms with Crippen LogP contribution < -0.4 is 0 Å². The highest BCUT2D eigenvalue weighted by atomic mass is 31.2. The molecule has 0 aromatic rings. The Balaban J connectivity index is 2.50. The van der Waals surface area contributed by atoms with Gasteiger partial charge in [0, 0.05) is 7.11 Å². The molecule has 1 fully saturated rings. The van der Waals surface area contributed by atoms with Crippen LogP contribution >= 0.6 is 7.82 Å². The van der Waals surface area contributed by atoms with Gasteiger partial charge in [-0.2, -0.15) is 0 Å². The Morgan fingerprint density at radius 1 is 1.36 bits per heavy atom. The molecular weight excluding hydrogens is 207 g/mol. The molecule has 0 aromatic heterocycles. The molecule has 0 aliphatic carbocycles. The van der Waals surface area contributed by atoms with Gasteiger partial charge >= 0.3 is 7.82 Å². The van der Waals surface area contributed by atoms with Gasteiger partial charge in [-0.3, -0.25) is 9.05 Å². The summed E-state index contributed by atoms with van der Waals surface area (Å²) in [7, 11) is -2.45. The van der Waals surface area contributed by atoms with Crippen LogP contribution in [0.1, 0.15) is 32.1 Å². The van der Waals surface area contributed by atoms with Crippen molar-refractivity contribution in [3.05, 3.63) is 0 Å². The van der Waals surface area contributed by atoms with Gasteiger partial charge < -0.3 is 9.63 Å². The van der Waals surface area contributed by atoms with Crippen LogP contribution in [0.2, 0.25) is 0 Å². The molecule has 14 heavy (non-hydrogen) atoms. The van der Waals surface area contributed by atoms with Gasteiger partial charge in [0.1, 0.15) is 0 Å². The van der Waals surface area contributed by atoms with Crippen LogP contribution in [0.3, 0.4) is 0 Å². The van der Waals surface area contributed by atoms with Crippen LogP contribution in [0.4, 0.5) is 0 Å². The van der Waals surface area contributed by atoms with Crippen molar-refractivity contribution >= 4 is 7.82 Å². The summed E-state index contributed by atoms with van der Waals surface area (Å²) in [5.41, 5.74) is 0. The number of hydrogen-bond acceptors (Lipinski definition) is 4. The molecule has 1 heterocycles. The van der Waals surface area contributed by atoms with E-state index >= 15 is 0 Å². The topological polar surface area (TPSA) is 65.0 Å². The van der Waals surface area contributed by atoms with Crippen LogP contribution in [0.5, 0.6) is 0 Å². The summed E-state index contributed by atoms with van der Waals surface area (Å²) in [5, 5.41) is 0. The third-order valence-electron chi connectivity index (χ3n) is 2.10. The average molecular weight is 224 g/mol. The van der Waals surface area contributed by atoms with Gasteiger partial charge in [-0.15, -0.1) is 0 Å². The molecule has 1 rings (SSSR count). The molecule has 2 atom stereocenters. The zero-order valence-corrected chi connectivity index (χ0v) is 9.24. The summed E-state index contributed by atoms with van der Waals surface area (Å²) in [6, 6.07) is 0. The van der Waals surface area contributed by atoms with Gasteiger partial charge in [-0.1, -0.05) is 12.8 Å². The predicted octanol–water partition coefficient (Wildman–Crippen LogP) is 2.06. The number of phosphoric acid groups is 1. The number of methoxy groups -OCH3 is 1. The van der Waals surface area contributed by atoms with Gasteiger partial charge in [0.2, 0.25) is 0 Å². The zero-order chi connectivity index (χ0) is 10.4. The van der Waals surface area contributed by atoms with E-state index in [4.69, 9.17) is 13.8 Å². The lowest BCUT2D eigenvalue weighted by molar-refractivity contribution is -0.0790. The van der Waals surface area contributed by atoms with E-state index < -0.39 is 14.1 Å². The fourth-order valence-corrected chi connectivity index (χ4v) is 2.25. The molecule has 0 radical (unpaired) electrons. The summed E-state index contributed by atoms with van der Waals surface area (Å²) < 4.78 is 25.8. The Kier molecular flexibility index (Phi) is 5.06. The summed E-state index contributed by atoms with van der Waals surface area (Å²) in [6.45, 7) is 0.268. The van der Waals surface area contributed by atoms with Crippen molar-refractivity contribution < 1.29 is 23.2 Å². The molecule has 1 N–H and O–H groups in total. The van der Waals surface area contributed by atoms with Gasteiger partial charge in [0.15, 0.2) is 6.29 Å². The van der Waals surface area contributed by atoms with E-state index in [1.807, 2.05) is 0 Å². The summed E-state index contributed by atoms with van der Waals surface area (Å²) in [4.78, 5) is 9.23. The second kappa shape index (κ2) is 5.83. The molecule has 0 bridgehead atoms. The third kappa shape index (κ3) is 4.53. The van der Waals surface area contributed by atoms with Gasteiger partial charge in [0.25, 0.3) is 0 Å². The van der Waals surface area contributed by atoms with E-state index in [-0.39, 0.29) is 6.61 Å². The van der Waals surface area contributed by atoms with E-state index in [2.05, 4.69) is 0 Å². The molecule has 1 aliphatic heterocycles. The minimum Gasteiger partial charge on any atom is -0.355 e. The highest BCUT2D eigenvalue weighted by molar-refractivity contribution is 7.47. The fraction of sp³-hybridized carbons (Fsp3) is 1.00. The lowest BCUT2D eigenvalue weighted by atomic mass is 10.1. The lowest BCUT2D eigenvalue weighted by Gasteiger charge is -2.20. The molecule has 0 aromatic carbocycles. The van der Waals surface area contributed by atoms with Gasteiger partial charge in [-0.05, 0) is 19.3 Å². The molecule has 6 heteroatoms. The number of hydrogen-bond donors (Lipinski definition) is 1. The van der Waals surface area contributed by atoms with E-state index in [1.165, 1.54) is 7.11 Å². The van der Waals surface area contributed by atoms with E-state index in [0.29, 0.717) is 6.42 Å². The standard InChI is InChI=1S/C8H17O5P/c1-11-8-6-4-2-3-5-7-12-14(9,10)13-8/h8H,2-7H2,1H3,(H,9,10). The molecule has 84 valence electrons. The van der Waals surface area contributed by atoms with Crippen LogP contribution in [-0.4, -0.2) is 24.9 Å². The monoisotopic (exact) mass is 224 g/mol. The molecule has 5 nitrogen and oxygen atoms in total. The van der Waals surface area contributed by atoms with Crippen molar-refractivity contribution in [3.8, 4) is 0 Å². The van der Waals surface area contributed by atoms with Crippen LogP contribution in [0.15, 0.2) is 0 Å². The molecule has 1 aliphatic rings. The zero-order valence-electron chi connectivity index (χ0n) is 8.35. The smallest absolute Gasteiger partial charge is 0.355 e. The first-order chi connectivity index (χ1) is 6.64. The van der Waals surface area contributed by atoms with Crippen LogP contribution in [-0.2, 0) is 18.3 Å². The Labute approximate surface area is 84.0 Å². The van der Waals surface area contributed by atoms with Crippen molar-refractivity contribution in [2.45, 2.75) is 38.4 Å². The highest BCUT2D eigenvalue weighted by Gasteiger charge is 2.26. The minimum absolute atomic E-state index is 0.268. The molecule has 1 saturated heterocycles. The maximum atomic E-state index is 11.3. The van der Waals surface area contributed by atoms with E-state index in [1.54, 1.807) is 0 Å². The fourth-order valence-electron chi connectivity index (χ4n) is 1.34. The normalized spacial score (nSPS) is 36.6. The maximum absolute atomic E-state index is 11.3. The molecule has 0 spiro atoms. The van der Waals surface area contributed by atoms with Gasteiger partial charge in [-0.25, -0.2) is 4.57 Å². The number of rotatable bonds is 1. The van der Waals surface area contributed by atoms with Crippen molar-refractivity contribution in [1.82, 2.24) is 0 Å². The largest absolute Gasteiger partial charge is 0.474 e. The number of ether oxygens (including phenoxy) is 1. The lowest BCUT2D eigenvalue weighted by Crippen LogP contribution is -2.15. The summed E-state index contributed by atoms with van der Waals surface area (Å²) >= 11 is 0. The van der Waals surface area contributed by atoms with Crippen molar-refractivity contribution in [3.63, 3.8) is 0 Å². The first-order valence-electron chi connectivity index (χ1n) is 4.82. The van der Waals surface area contributed by atoms with Gasteiger partial charge in [0.05, 0.1) is 6.61 Å². The van der Waals surface area contributed by atoms with E-state index in [0.717, 1.165) is 25.7 Å². The molecule has 0 amide bonds. The maximum Gasteiger partial charge on any atom is 0.474 e. The molecular formula is C8H17O5P.